The van der Waals surface area contributed by atoms with E-state index in [4.69, 9.17) is 4.42 Å². The molecule has 3 heterocycles. The van der Waals surface area contributed by atoms with Gasteiger partial charge in [0.05, 0.1) is 10.2 Å². The van der Waals surface area contributed by atoms with Crippen LogP contribution >= 0.6 is 11.3 Å². The second-order valence-electron chi connectivity index (χ2n) is 5.38. The number of hydrogen-bond donors (Lipinski definition) is 2. The first-order valence-corrected chi connectivity index (χ1v) is 8.06. The molecule has 1 aliphatic heterocycles. The van der Waals surface area contributed by atoms with Gasteiger partial charge in [-0.2, -0.15) is 0 Å². The number of carbonyl (C=O) groups excluding carboxylic acids is 1. The van der Waals surface area contributed by atoms with E-state index in [1.54, 1.807) is 23.5 Å². The van der Waals surface area contributed by atoms with E-state index in [-0.39, 0.29) is 5.91 Å². The maximum Gasteiger partial charge on any atom is 0.287 e. The Morgan fingerprint density at radius 1 is 1.32 bits per heavy atom. The number of aromatic nitrogens is 1. The Morgan fingerprint density at radius 3 is 2.95 bits per heavy atom. The third kappa shape index (κ3) is 2.51. The molecule has 4 rings (SSSR count). The molecule has 1 aliphatic rings. The molecule has 5 nitrogen and oxygen atoms in total. The van der Waals surface area contributed by atoms with E-state index < -0.39 is 0 Å². The van der Waals surface area contributed by atoms with Crippen molar-refractivity contribution in [3.63, 3.8) is 0 Å². The Balaban J connectivity index is 1.51. The third-order valence-corrected chi connectivity index (χ3v) is 4.80. The first-order chi connectivity index (χ1) is 10.8. The molecule has 1 saturated heterocycles. The number of benzene rings is 1. The van der Waals surface area contributed by atoms with Gasteiger partial charge >= 0.3 is 0 Å². The van der Waals surface area contributed by atoms with Crippen LogP contribution in [0.4, 0.5) is 0 Å². The Hall–Kier alpha value is -2.18. The summed E-state index contributed by atoms with van der Waals surface area (Å²) in [6.45, 7) is 2.62. The van der Waals surface area contributed by atoms with Crippen LogP contribution in [0.3, 0.4) is 0 Å². The zero-order valence-electron chi connectivity index (χ0n) is 11.8. The highest BCUT2D eigenvalue weighted by atomic mass is 32.1. The molecule has 0 radical (unpaired) electrons. The first kappa shape index (κ1) is 13.5. The molecule has 0 aliphatic carbocycles. The summed E-state index contributed by atoms with van der Waals surface area (Å²) in [5.74, 6) is 1.33. The lowest BCUT2D eigenvalue weighted by Crippen LogP contribution is -2.48. The smallest absolute Gasteiger partial charge is 0.287 e. The third-order valence-electron chi connectivity index (χ3n) is 3.75. The van der Waals surface area contributed by atoms with Crippen LogP contribution < -0.4 is 10.6 Å². The quantitative estimate of drug-likeness (QED) is 0.776. The van der Waals surface area contributed by atoms with Crippen molar-refractivity contribution in [2.75, 3.05) is 19.6 Å². The summed E-state index contributed by atoms with van der Waals surface area (Å²) >= 11 is 1.56. The molecule has 2 N–H and O–H groups in total. The molecule has 1 fully saturated rings. The van der Waals surface area contributed by atoms with Crippen molar-refractivity contribution in [2.45, 2.75) is 0 Å². The largest absolute Gasteiger partial charge is 0.448 e. The number of carbonyl (C=O) groups is 1. The minimum Gasteiger partial charge on any atom is -0.448 e. The minimum absolute atomic E-state index is 0.167. The fourth-order valence-corrected chi connectivity index (χ4v) is 3.30. The molecule has 22 heavy (non-hydrogen) atoms. The Labute approximate surface area is 131 Å². The standard InChI is InChI=1S/C16H15N3O2S/c20-15(18-9-10-7-17-8-10)12-5-6-13(21-12)16-19-11-3-1-2-4-14(11)22-16/h1-6,10,17H,7-9H2,(H,18,20). The predicted octanol–water partition coefficient (Wildman–Crippen LogP) is 2.51. The van der Waals surface area contributed by atoms with Gasteiger partial charge in [-0.1, -0.05) is 12.1 Å². The monoisotopic (exact) mass is 313 g/mol. The van der Waals surface area contributed by atoms with E-state index >= 15 is 0 Å². The van der Waals surface area contributed by atoms with Gasteiger partial charge in [-0.3, -0.25) is 4.79 Å². The van der Waals surface area contributed by atoms with Crippen LogP contribution in [-0.4, -0.2) is 30.5 Å². The summed E-state index contributed by atoms with van der Waals surface area (Å²) in [4.78, 5) is 16.6. The fourth-order valence-electron chi connectivity index (χ4n) is 2.37. The predicted molar refractivity (Wildman–Crippen MR) is 86.0 cm³/mol. The number of rotatable bonds is 4. The number of nitrogens with one attached hydrogen (secondary N) is 2. The van der Waals surface area contributed by atoms with Gasteiger partial charge in [0, 0.05) is 25.6 Å². The zero-order chi connectivity index (χ0) is 14.9. The van der Waals surface area contributed by atoms with Crippen molar-refractivity contribution in [3.8, 4) is 10.8 Å². The number of furan rings is 1. The second kappa shape index (κ2) is 5.55. The minimum atomic E-state index is -0.167. The summed E-state index contributed by atoms with van der Waals surface area (Å²) in [6.07, 6.45) is 0. The fraction of sp³-hybridized carbons (Fsp3) is 0.250. The SMILES string of the molecule is O=C(NCC1CNC1)c1ccc(-c2nc3ccccc3s2)o1. The molecule has 3 aromatic rings. The maximum atomic E-state index is 12.1. The Bertz CT molecular complexity index is 787. The van der Waals surface area contributed by atoms with E-state index in [9.17, 15) is 4.79 Å². The van der Waals surface area contributed by atoms with Gasteiger partial charge in [0.15, 0.2) is 16.5 Å². The Kier molecular flexibility index (Phi) is 3.40. The molecule has 0 bridgehead atoms. The molecule has 112 valence electrons. The molecule has 0 unspecified atom stereocenters. The van der Waals surface area contributed by atoms with Crippen LogP contribution in [0.25, 0.3) is 21.0 Å². The molecule has 0 atom stereocenters. The van der Waals surface area contributed by atoms with E-state index in [1.165, 1.54) is 0 Å². The normalized spacial score (nSPS) is 14.9. The van der Waals surface area contributed by atoms with E-state index in [1.807, 2.05) is 24.3 Å². The van der Waals surface area contributed by atoms with Crippen molar-refractivity contribution in [2.24, 2.45) is 5.92 Å². The summed E-state index contributed by atoms with van der Waals surface area (Å²) < 4.78 is 6.77. The Morgan fingerprint density at radius 2 is 2.18 bits per heavy atom. The van der Waals surface area contributed by atoms with Crippen molar-refractivity contribution >= 4 is 27.5 Å². The van der Waals surface area contributed by atoms with Gasteiger partial charge in [0.1, 0.15) is 0 Å². The molecule has 1 amide bonds. The van der Waals surface area contributed by atoms with Gasteiger partial charge in [-0.15, -0.1) is 11.3 Å². The van der Waals surface area contributed by atoms with Gasteiger partial charge in [-0.05, 0) is 24.3 Å². The van der Waals surface area contributed by atoms with E-state index in [2.05, 4.69) is 15.6 Å². The average molecular weight is 313 g/mol. The van der Waals surface area contributed by atoms with Crippen LogP contribution in [0.1, 0.15) is 10.6 Å². The highest BCUT2D eigenvalue weighted by Gasteiger charge is 2.19. The van der Waals surface area contributed by atoms with E-state index in [0.717, 1.165) is 28.3 Å². The number of amides is 1. The van der Waals surface area contributed by atoms with Crippen molar-refractivity contribution in [1.29, 1.82) is 0 Å². The lowest BCUT2D eigenvalue weighted by atomic mass is 10.0. The second-order valence-corrected chi connectivity index (χ2v) is 6.42. The van der Waals surface area contributed by atoms with Crippen molar-refractivity contribution < 1.29 is 9.21 Å². The molecule has 0 saturated carbocycles. The van der Waals surface area contributed by atoms with Crippen molar-refractivity contribution in [3.05, 3.63) is 42.2 Å². The first-order valence-electron chi connectivity index (χ1n) is 7.24. The summed E-state index contributed by atoms with van der Waals surface area (Å²) in [5.41, 5.74) is 0.947. The zero-order valence-corrected chi connectivity index (χ0v) is 12.7. The number of para-hydroxylation sites is 1. The number of fused-ring (bicyclic) bond motifs is 1. The summed E-state index contributed by atoms with van der Waals surface area (Å²) in [5, 5.41) is 6.88. The number of nitrogens with zero attached hydrogens (tertiary/aromatic N) is 1. The van der Waals surface area contributed by atoms with Crippen LogP contribution in [0, 0.1) is 5.92 Å². The van der Waals surface area contributed by atoms with Crippen molar-refractivity contribution in [1.82, 2.24) is 15.6 Å². The van der Waals surface area contributed by atoms with Crippen LogP contribution in [0.5, 0.6) is 0 Å². The number of thiazole rings is 1. The van der Waals surface area contributed by atoms with Crippen LogP contribution in [-0.2, 0) is 0 Å². The molecule has 2 aromatic heterocycles. The lowest BCUT2D eigenvalue weighted by Gasteiger charge is -2.26. The van der Waals surface area contributed by atoms with Crippen LogP contribution in [0.15, 0.2) is 40.8 Å². The summed E-state index contributed by atoms with van der Waals surface area (Å²) in [7, 11) is 0. The molecular formula is C16H15N3O2S. The lowest BCUT2D eigenvalue weighted by molar-refractivity contribution is 0.0915. The molecular weight excluding hydrogens is 298 g/mol. The molecule has 6 heteroatoms. The van der Waals surface area contributed by atoms with Gasteiger partial charge in [0.2, 0.25) is 0 Å². The topological polar surface area (TPSA) is 67.2 Å². The average Bonchev–Trinajstić information content (AvgIpc) is 3.12. The van der Waals surface area contributed by atoms with Gasteiger partial charge in [0.25, 0.3) is 5.91 Å². The van der Waals surface area contributed by atoms with Gasteiger partial charge in [-0.25, -0.2) is 4.98 Å². The summed E-state index contributed by atoms with van der Waals surface area (Å²) in [6, 6.07) is 11.5. The molecule has 0 spiro atoms. The molecule has 1 aromatic carbocycles. The highest BCUT2D eigenvalue weighted by Crippen LogP contribution is 2.31. The van der Waals surface area contributed by atoms with Crippen LogP contribution in [0.2, 0.25) is 0 Å². The number of hydrogen-bond acceptors (Lipinski definition) is 5. The highest BCUT2D eigenvalue weighted by molar-refractivity contribution is 7.21. The van der Waals surface area contributed by atoms with E-state index in [0.29, 0.717) is 24.0 Å². The van der Waals surface area contributed by atoms with Gasteiger partial charge < -0.3 is 15.1 Å². The maximum absolute atomic E-state index is 12.1.